The largest absolute Gasteiger partial charge is 0.481 e. The molecule has 0 unspecified atom stereocenters. The minimum atomic E-state index is -0.245. The van der Waals surface area contributed by atoms with Gasteiger partial charge in [0.05, 0.1) is 27.2 Å². The fourth-order valence-corrected chi connectivity index (χ4v) is 4.87. The molecule has 5 aromatic rings. The molecular formula is C27H21N5O2S. The number of aryl methyl sites for hydroxylation is 1. The summed E-state index contributed by atoms with van der Waals surface area (Å²) < 4.78 is 6.16. The molecule has 2 aromatic carbocycles. The van der Waals surface area contributed by atoms with E-state index in [4.69, 9.17) is 16.9 Å². The monoisotopic (exact) mass is 479 g/mol. The number of aromatic nitrogens is 3. The van der Waals surface area contributed by atoms with E-state index in [1.165, 1.54) is 17.7 Å². The average molecular weight is 480 g/mol. The molecule has 0 bridgehead atoms. The second-order valence-corrected chi connectivity index (χ2v) is 8.84. The van der Waals surface area contributed by atoms with Gasteiger partial charge in [0.15, 0.2) is 0 Å². The van der Waals surface area contributed by atoms with Crippen LogP contribution in [0.5, 0.6) is 5.75 Å². The van der Waals surface area contributed by atoms with Gasteiger partial charge in [0, 0.05) is 28.8 Å². The normalized spacial score (nSPS) is 10.9. The van der Waals surface area contributed by atoms with Crippen molar-refractivity contribution in [1.29, 1.82) is 0 Å². The molecule has 0 spiro atoms. The van der Waals surface area contributed by atoms with E-state index in [0.29, 0.717) is 28.0 Å². The number of benzene rings is 2. The number of nitrogens with two attached hydrogens (primary N) is 1. The molecule has 7 nitrogen and oxygen atoms in total. The molecular weight excluding hydrogens is 458 g/mol. The minimum Gasteiger partial charge on any atom is -0.481 e. The maximum Gasteiger partial charge on any atom is 0.258 e. The third-order valence-electron chi connectivity index (χ3n) is 5.72. The highest BCUT2D eigenvalue weighted by Gasteiger charge is 2.18. The highest BCUT2D eigenvalue weighted by molar-refractivity contribution is 7.18. The van der Waals surface area contributed by atoms with Crippen molar-refractivity contribution in [2.45, 2.75) is 13.3 Å². The zero-order valence-electron chi connectivity index (χ0n) is 18.9. The van der Waals surface area contributed by atoms with E-state index in [-0.39, 0.29) is 12.5 Å². The van der Waals surface area contributed by atoms with Crippen LogP contribution in [0.1, 0.15) is 27.2 Å². The highest BCUT2D eigenvalue weighted by atomic mass is 32.1. The number of fused-ring (bicyclic) bond motifs is 2. The molecule has 3 aromatic heterocycles. The van der Waals surface area contributed by atoms with Gasteiger partial charge in [-0.2, -0.15) is 0 Å². The molecule has 0 fully saturated rings. The summed E-state index contributed by atoms with van der Waals surface area (Å²) in [5.74, 6) is 3.31. The van der Waals surface area contributed by atoms with Crippen LogP contribution in [0.3, 0.4) is 0 Å². The van der Waals surface area contributed by atoms with Crippen LogP contribution >= 0.6 is 11.3 Å². The summed E-state index contributed by atoms with van der Waals surface area (Å²) in [4.78, 5) is 26.1. The Labute approximate surface area is 206 Å². The number of terminal acetylenes is 1. The lowest BCUT2D eigenvalue weighted by Crippen LogP contribution is -2.13. The smallest absolute Gasteiger partial charge is 0.258 e. The van der Waals surface area contributed by atoms with Gasteiger partial charge >= 0.3 is 0 Å². The van der Waals surface area contributed by atoms with Gasteiger partial charge in [-0.05, 0) is 36.2 Å². The van der Waals surface area contributed by atoms with Crippen molar-refractivity contribution in [3.05, 3.63) is 82.8 Å². The van der Waals surface area contributed by atoms with Gasteiger partial charge < -0.3 is 15.8 Å². The Morgan fingerprint density at radius 2 is 1.94 bits per heavy atom. The Hall–Kier alpha value is -4.48. The lowest BCUT2D eigenvalue weighted by Gasteiger charge is -2.14. The third kappa shape index (κ3) is 4.37. The third-order valence-corrected chi connectivity index (χ3v) is 6.71. The number of hydrogen-bond acceptors (Lipinski definition) is 7. The second-order valence-electron chi connectivity index (χ2n) is 7.96. The molecule has 0 aliphatic carbocycles. The van der Waals surface area contributed by atoms with Crippen LogP contribution in [0.25, 0.3) is 21.0 Å². The van der Waals surface area contributed by atoms with Crippen LogP contribution in [0.15, 0.2) is 60.4 Å². The van der Waals surface area contributed by atoms with Crippen LogP contribution < -0.4 is 15.8 Å². The van der Waals surface area contributed by atoms with Crippen LogP contribution in [0, 0.1) is 19.3 Å². The quantitative estimate of drug-likeness (QED) is 0.333. The van der Waals surface area contributed by atoms with E-state index in [1.54, 1.807) is 11.6 Å². The Morgan fingerprint density at radius 3 is 2.74 bits per heavy atom. The molecule has 35 heavy (non-hydrogen) atoms. The predicted octanol–water partition coefficient (Wildman–Crippen LogP) is 4.99. The lowest BCUT2D eigenvalue weighted by molar-refractivity contribution is 0.102. The number of hydrogen-bond donors (Lipinski definition) is 2. The number of nitrogens with zero attached hydrogens (tertiary/aromatic N) is 3. The molecule has 8 heteroatoms. The number of carbonyl (C=O) groups is 1. The second kappa shape index (κ2) is 9.41. The summed E-state index contributed by atoms with van der Waals surface area (Å²) in [5.41, 5.74) is 10.7. The Bertz CT molecular complexity index is 1600. The number of nitrogens with one attached hydrogen (secondary N) is 1. The Morgan fingerprint density at radius 1 is 1.11 bits per heavy atom. The topological polar surface area (TPSA) is 103 Å². The standard InChI is InChI=1S/C27H21N5O2S/c1-3-12-34-18-7-5-17(6-8-18)13-22-19-9-4-16(2)23(20(19)10-11-29-22)32-27(33)21-14-35-25-24(21)30-15-31-26(25)28/h1,4-11,14-15H,12-13H2,2H3,(H,32,33)(H2,28,30,31). The molecule has 0 saturated heterocycles. The molecule has 0 radical (unpaired) electrons. The molecule has 0 aliphatic heterocycles. The summed E-state index contributed by atoms with van der Waals surface area (Å²) in [5, 5.41) is 6.75. The first-order valence-corrected chi connectivity index (χ1v) is 11.7. The van der Waals surface area contributed by atoms with Crippen molar-refractivity contribution in [1.82, 2.24) is 15.0 Å². The van der Waals surface area contributed by atoms with Crippen LogP contribution in [-0.2, 0) is 6.42 Å². The summed E-state index contributed by atoms with van der Waals surface area (Å²) in [7, 11) is 0. The van der Waals surface area contributed by atoms with Gasteiger partial charge in [-0.25, -0.2) is 9.97 Å². The van der Waals surface area contributed by atoms with E-state index >= 15 is 0 Å². The zero-order valence-corrected chi connectivity index (χ0v) is 19.7. The number of thiophene rings is 1. The van der Waals surface area contributed by atoms with Crippen molar-refractivity contribution in [3.63, 3.8) is 0 Å². The van der Waals surface area contributed by atoms with Gasteiger partial charge in [-0.15, -0.1) is 17.8 Å². The molecule has 1 amide bonds. The van der Waals surface area contributed by atoms with E-state index in [2.05, 4.69) is 26.2 Å². The average Bonchev–Trinajstić information content (AvgIpc) is 3.31. The number of carbonyl (C=O) groups excluding carboxylic acids is 1. The van der Waals surface area contributed by atoms with Gasteiger partial charge in [-0.3, -0.25) is 9.78 Å². The highest BCUT2D eigenvalue weighted by Crippen LogP contribution is 2.32. The van der Waals surface area contributed by atoms with Crippen LogP contribution in [0.2, 0.25) is 0 Å². The van der Waals surface area contributed by atoms with Crippen molar-refractivity contribution in [2.75, 3.05) is 17.7 Å². The van der Waals surface area contributed by atoms with E-state index in [0.717, 1.165) is 39.0 Å². The molecule has 3 N–H and O–H groups in total. The number of anilines is 2. The number of rotatable bonds is 6. The lowest BCUT2D eigenvalue weighted by atomic mass is 10.00. The van der Waals surface area contributed by atoms with Crippen molar-refractivity contribution in [2.24, 2.45) is 0 Å². The maximum absolute atomic E-state index is 13.2. The summed E-state index contributed by atoms with van der Waals surface area (Å²) in [6.45, 7) is 2.20. The molecule has 5 rings (SSSR count). The summed E-state index contributed by atoms with van der Waals surface area (Å²) in [6, 6.07) is 13.7. The van der Waals surface area contributed by atoms with Crippen LogP contribution in [0.4, 0.5) is 11.5 Å². The first-order chi connectivity index (χ1) is 17.0. The molecule has 0 atom stereocenters. The number of pyridine rings is 1. The predicted molar refractivity (Wildman–Crippen MR) is 140 cm³/mol. The number of ether oxygens (including phenoxy) is 1. The number of nitrogen functional groups attached to an aromatic ring is 1. The molecule has 0 saturated carbocycles. The maximum atomic E-state index is 13.2. The van der Waals surface area contributed by atoms with E-state index in [9.17, 15) is 4.79 Å². The van der Waals surface area contributed by atoms with Gasteiger partial charge in [0.1, 0.15) is 24.5 Å². The Balaban J connectivity index is 1.46. The summed E-state index contributed by atoms with van der Waals surface area (Å²) >= 11 is 1.36. The van der Waals surface area contributed by atoms with Gasteiger partial charge in [0.25, 0.3) is 5.91 Å². The first-order valence-electron chi connectivity index (χ1n) is 10.9. The number of amides is 1. The van der Waals surface area contributed by atoms with Gasteiger partial charge in [0.2, 0.25) is 0 Å². The fourth-order valence-electron chi connectivity index (χ4n) is 3.96. The van der Waals surface area contributed by atoms with Crippen LogP contribution in [-0.4, -0.2) is 27.5 Å². The van der Waals surface area contributed by atoms with Gasteiger partial charge in [-0.1, -0.05) is 30.2 Å². The molecule has 172 valence electrons. The van der Waals surface area contributed by atoms with E-state index < -0.39 is 0 Å². The first kappa shape index (κ1) is 22.3. The molecule has 0 aliphatic rings. The SMILES string of the molecule is C#CCOc1ccc(Cc2nccc3c(NC(=O)c4csc5c(N)ncnc45)c(C)ccc23)cc1. The zero-order chi connectivity index (χ0) is 24.4. The van der Waals surface area contributed by atoms with E-state index in [1.807, 2.05) is 49.4 Å². The van der Waals surface area contributed by atoms with Crippen molar-refractivity contribution < 1.29 is 9.53 Å². The molecule has 3 heterocycles. The fraction of sp³-hybridized carbons (Fsp3) is 0.111. The van der Waals surface area contributed by atoms with Crippen molar-refractivity contribution >= 4 is 49.7 Å². The minimum absolute atomic E-state index is 0.236. The Kier molecular flexibility index (Phi) is 6.00. The summed E-state index contributed by atoms with van der Waals surface area (Å²) in [6.07, 6.45) is 9.03. The van der Waals surface area contributed by atoms with Crippen molar-refractivity contribution in [3.8, 4) is 18.1 Å².